The molecule has 7 nitrogen and oxygen atoms in total. The molecule has 1 fully saturated rings. The first kappa shape index (κ1) is 9.10. The van der Waals surface area contributed by atoms with E-state index in [-0.39, 0.29) is 6.54 Å². The van der Waals surface area contributed by atoms with Gasteiger partial charge in [-0.3, -0.25) is 14.2 Å². The van der Waals surface area contributed by atoms with E-state index >= 15 is 0 Å². The van der Waals surface area contributed by atoms with Crippen LogP contribution in [0.1, 0.15) is 0 Å². The fourth-order valence-electron chi connectivity index (χ4n) is 1.19. The molecule has 1 N–H and O–H groups in total. The number of nitrogens with zero attached hydrogens (tertiary/aromatic N) is 2. The average Bonchev–Trinajstić information content (AvgIpc) is 2.66. The molecule has 14 heavy (non-hydrogen) atoms. The Hall–Kier alpha value is -1.47. The number of nitrogens with one attached hydrogen (secondary N) is 1. The summed E-state index contributed by atoms with van der Waals surface area (Å²) < 4.78 is 11.4. The van der Waals surface area contributed by atoms with E-state index in [9.17, 15) is 9.59 Å². The van der Waals surface area contributed by atoms with Crippen LogP contribution in [0.25, 0.3) is 0 Å². The predicted molar refractivity (Wildman–Crippen MR) is 44.8 cm³/mol. The van der Waals surface area contributed by atoms with E-state index in [1.807, 2.05) is 5.10 Å². The molecule has 0 bridgehead atoms. The summed E-state index contributed by atoms with van der Waals surface area (Å²) in [7, 11) is 0. The zero-order valence-electron chi connectivity index (χ0n) is 7.30. The lowest BCUT2D eigenvalue weighted by Crippen LogP contribution is -2.39. The van der Waals surface area contributed by atoms with E-state index in [0.717, 1.165) is 4.57 Å². The highest BCUT2D eigenvalue weighted by atomic mass is 16.7. The van der Waals surface area contributed by atoms with Crippen molar-refractivity contribution in [2.75, 3.05) is 13.2 Å². The molecule has 0 atom stereocenters. The summed E-state index contributed by atoms with van der Waals surface area (Å²) in [5.74, 6) is 0. The largest absolute Gasteiger partial charge is 0.348 e. The fraction of sp³-hybridized carbons (Fsp3) is 0.571. The van der Waals surface area contributed by atoms with Gasteiger partial charge in [-0.1, -0.05) is 0 Å². The molecule has 2 heterocycles. The van der Waals surface area contributed by atoms with Gasteiger partial charge in [0.1, 0.15) is 6.33 Å². The zero-order chi connectivity index (χ0) is 9.97. The van der Waals surface area contributed by atoms with Gasteiger partial charge in [0.25, 0.3) is 0 Å². The molecule has 0 saturated carbocycles. The molecule has 0 aliphatic carbocycles. The van der Waals surface area contributed by atoms with Crippen molar-refractivity contribution in [2.24, 2.45) is 0 Å². The Bertz CT molecular complexity index is 417. The van der Waals surface area contributed by atoms with Crippen LogP contribution in [-0.2, 0) is 16.0 Å². The Morgan fingerprint density at radius 3 is 2.93 bits per heavy atom. The first-order chi connectivity index (χ1) is 6.77. The smallest absolute Gasteiger partial charge is 0.330 e. The van der Waals surface area contributed by atoms with Crippen molar-refractivity contribution in [1.29, 1.82) is 0 Å². The van der Waals surface area contributed by atoms with Crippen LogP contribution in [-0.4, -0.2) is 34.3 Å². The number of aromatic nitrogens is 3. The van der Waals surface area contributed by atoms with E-state index in [2.05, 4.69) is 5.10 Å². The Morgan fingerprint density at radius 2 is 2.21 bits per heavy atom. The highest BCUT2D eigenvalue weighted by Crippen LogP contribution is 2.04. The van der Waals surface area contributed by atoms with Crippen molar-refractivity contribution >= 4 is 0 Å². The maximum Gasteiger partial charge on any atom is 0.330 e. The Balaban J connectivity index is 2.20. The molecule has 76 valence electrons. The van der Waals surface area contributed by atoms with E-state index in [0.29, 0.717) is 13.2 Å². The first-order valence-electron chi connectivity index (χ1n) is 4.15. The third-order valence-corrected chi connectivity index (χ3v) is 1.85. The Morgan fingerprint density at radius 1 is 1.50 bits per heavy atom. The van der Waals surface area contributed by atoms with E-state index in [1.165, 1.54) is 6.33 Å². The SMILES string of the molecule is O=c1[nH]ncn(CC2OCCO2)c1=O. The summed E-state index contributed by atoms with van der Waals surface area (Å²) in [6.07, 6.45) is 0.783. The third kappa shape index (κ3) is 1.73. The van der Waals surface area contributed by atoms with Crippen molar-refractivity contribution in [3.05, 3.63) is 27.0 Å². The molecule has 1 aliphatic rings. The number of H-pyrrole nitrogens is 1. The molecule has 1 saturated heterocycles. The molecule has 0 amide bonds. The maximum atomic E-state index is 11.2. The molecular weight excluding hydrogens is 190 g/mol. The minimum absolute atomic E-state index is 0.190. The standard InChI is InChI=1S/C7H9N3O4/c11-6-7(12)10(4-8-9-6)3-5-13-1-2-14-5/h4-5H,1-3H2,(H,9,11). The summed E-state index contributed by atoms with van der Waals surface area (Å²) in [4.78, 5) is 22.1. The summed E-state index contributed by atoms with van der Waals surface area (Å²) in [5.41, 5.74) is -1.40. The van der Waals surface area contributed by atoms with Gasteiger partial charge in [0.2, 0.25) is 0 Å². The predicted octanol–water partition coefficient (Wildman–Crippen LogP) is -1.70. The number of rotatable bonds is 2. The molecule has 0 unspecified atom stereocenters. The van der Waals surface area contributed by atoms with Crippen molar-refractivity contribution in [3.8, 4) is 0 Å². The average molecular weight is 199 g/mol. The van der Waals surface area contributed by atoms with Crippen molar-refractivity contribution in [1.82, 2.24) is 14.8 Å². The monoisotopic (exact) mass is 199 g/mol. The second kappa shape index (κ2) is 3.72. The molecule has 0 aromatic carbocycles. The maximum absolute atomic E-state index is 11.2. The minimum Gasteiger partial charge on any atom is -0.348 e. The summed E-state index contributed by atoms with van der Waals surface area (Å²) in [5, 5.41) is 5.55. The van der Waals surface area contributed by atoms with Gasteiger partial charge in [-0.05, 0) is 0 Å². The Labute approximate surface area is 78.3 Å². The fourth-order valence-corrected chi connectivity index (χ4v) is 1.19. The number of aromatic amines is 1. The molecule has 7 heteroatoms. The lowest BCUT2D eigenvalue weighted by atomic mass is 10.6. The molecule has 0 radical (unpaired) electrons. The van der Waals surface area contributed by atoms with Gasteiger partial charge in [0.15, 0.2) is 6.29 Å². The summed E-state index contributed by atoms with van der Waals surface area (Å²) in [6.45, 7) is 1.21. The Kier molecular flexibility index (Phi) is 2.42. The van der Waals surface area contributed by atoms with Crippen LogP contribution < -0.4 is 11.1 Å². The number of hydrogen-bond acceptors (Lipinski definition) is 5. The lowest BCUT2D eigenvalue weighted by molar-refractivity contribution is -0.0533. The highest BCUT2D eigenvalue weighted by molar-refractivity contribution is 4.75. The van der Waals surface area contributed by atoms with Gasteiger partial charge in [-0.15, -0.1) is 0 Å². The van der Waals surface area contributed by atoms with Crippen LogP contribution in [0.5, 0.6) is 0 Å². The topological polar surface area (TPSA) is 86.2 Å². The molecule has 1 aromatic heterocycles. The molecule has 1 aromatic rings. The van der Waals surface area contributed by atoms with E-state index in [1.54, 1.807) is 0 Å². The second-order valence-corrected chi connectivity index (χ2v) is 2.81. The number of hydrogen-bond donors (Lipinski definition) is 1. The number of ether oxygens (including phenoxy) is 2. The zero-order valence-corrected chi connectivity index (χ0v) is 7.30. The van der Waals surface area contributed by atoms with Crippen LogP contribution in [0, 0.1) is 0 Å². The lowest BCUT2D eigenvalue weighted by Gasteiger charge is -2.09. The summed E-state index contributed by atoms with van der Waals surface area (Å²) >= 11 is 0. The summed E-state index contributed by atoms with van der Waals surface area (Å²) in [6, 6.07) is 0. The van der Waals surface area contributed by atoms with Crippen LogP contribution in [0.3, 0.4) is 0 Å². The van der Waals surface area contributed by atoms with Crippen LogP contribution >= 0.6 is 0 Å². The molecule has 0 spiro atoms. The van der Waals surface area contributed by atoms with Crippen LogP contribution in [0.15, 0.2) is 15.9 Å². The highest BCUT2D eigenvalue weighted by Gasteiger charge is 2.17. The van der Waals surface area contributed by atoms with Gasteiger partial charge in [0.05, 0.1) is 19.8 Å². The quantitative estimate of drug-likeness (QED) is 0.574. The van der Waals surface area contributed by atoms with Gasteiger partial charge >= 0.3 is 11.1 Å². The normalized spacial score (nSPS) is 17.4. The van der Waals surface area contributed by atoms with Crippen molar-refractivity contribution < 1.29 is 9.47 Å². The van der Waals surface area contributed by atoms with Gasteiger partial charge < -0.3 is 9.47 Å². The minimum atomic E-state index is -0.745. The molecule has 1 aliphatic heterocycles. The second-order valence-electron chi connectivity index (χ2n) is 2.81. The molecular formula is C7H9N3O4. The van der Waals surface area contributed by atoms with Gasteiger partial charge in [-0.25, -0.2) is 5.10 Å². The van der Waals surface area contributed by atoms with Gasteiger partial charge in [0, 0.05) is 0 Å². The van der Waals surface area contributed by atoms with Crippen molar-refractivity contribution in [2.45, 2.75) is 12.8 Å². The third-order valence-electron chi connectivity index (χ3n) is 1.85. The first-order valence-corrected chi connectivity index (χ1v) is 4.15. The van der Waals surface area contributed by atoms with Crippen molar-refractivity contribution in [3.63, 3.8) is 0 Å². The molecule has 2 rings (SSSR count). The van der Waals surface area contributed by atoms with E-state index in [4.69, 9.17) is 9.47 Å². The van der Waals surface area contributed by atoms with E-state index < -0.39 is 17.4 Å². The van der Waals surface area contributed by atoms with Crippen LogP contribution in [0.4, 0.5) is 0 Å². The van der Waals surface area contributed by atoms with Crippen LogP contribution in [0.2, 0.25) is 0 Å². The van der Waals surface area contributed by atoms with Gasteiger partial charge in [-0.2, -0.15) is 5.10 Å².